The van der Waals surface area contributed by atoms with Crippen molar-refractivity contribution in [3.8, 4) is 23.0 Å². The molecule has 1 heterocycles. The van der Waals surface area contributed by atoms with E-state index in [0.29, 0.717) is 42.8 Å². The van der Waals surface area contributed by atoms with Crippen molar-refractivity contribution in [2.24, 2.45) is 0 Å². The topological polar surface area (TPSA) is 60.5 Å². The largest absolute Gasteiger partial charge is 0.493 e. The molecule has 0 spiro atoms. The van der Waals surface area contributed by atoms with E-state index in [0.717, 1.165) is 17.8 Å². The van der Waals surface area contributed by atoms with Crippen molar-refractivity contribution in [3.63, 3.8) is 0 Å². The molecule has 7 nitrogen and oxygen atoms in total. The molecule has 0 atom stereocenters. The van der Waals surface area contributed by atoms with Crippen molar-refractivity contribution in [2.75, 3.05) is 59.5 Å². The van der Waals surface area contributed by atoms with Gasteiger partial charge in [-0.25, -0.2) is 0 Å². The van der Waals surface area contributed by atoms with Crippen LogP contribution in [0.5, 0.6) is 23.0 Å². The predicted octanol–water partition coefficient (Wildman–Crippen LogP) is 3.08. The lowest BCUT2D eigenvalue weighted by molar-refractivity contribution is -0.114. The van der Waals surface area contributed by atoms with Gasteiger partial charge in [0.1, 0.15) is 19.0 Å². The zero-order valence-electron chi connectivity index (χ0n) is 17.9. The second-order valence-electron chi connectivity index (χ2n) is 7.01. The van der Waals surface area contributed by atoms with E-state index in [2.05, 4.69) is 0 Å². The minimum absolute atomic E-state index is 0.125. The molecule has 0 fully saturated rings. The number of benzene rings is 2. The Hall–Kier alpha value is -3.19. The van der Waals surface area contributed by atoms with Gasteiger partial charge in [-0.3, -0.25) is 4.79 Å². The van der Waals surface area contributed by atoms with Crippen LogP contribution in [0.1, 0.15) is 5.56 Å². The Morgan fingerprint density at radius 1 is 1.13 bits per heavy atom. The fourth-order valence-electron chi connectivity index (χ4n) is 3.17. The summed E-state index contributed by atoms with van der Waals surface area (Å²) in [5.41, 5.74) is 1.51. The number of likely N-dealkylation sites (N-methyl/N-ethyl adjacent to an activating group) is 1. The third-order valence-electron chi connectivity index (χ3n) is 4.72. The van der Waals surface area contributed by atoms with Crippen LogP contribution in [0.25, 0.3) is 6.08 Å². The highest BCUT2D eigenvalue weighted by Crippen LogP contribution is 2.40. The average molecular weight is 412 g/mol. The van der Waals surface area contributed by atoms with Crippen molar-refractivity contribution in [1.82, 2.24) is 4.90 Å². The van der Waals surface area contributed by atoms with E-state index in [9.17, 15) is 4.79 Å². The maximum Gasteiger partial charge on any atom is 0.251 e. The normalized spacial score (nSPS) is 13.2. The third kappa shape index (κ3) is 4.86. The van der Waals surface area contributed by atoms with Crippen molar-refractivity contribution in [2.45, 2.75) is 0 Å². The first-order valence-corrected chi connectivity index (χ1v) is 9.79. The van der Waals surface area contributed by atoms with E-state index in [-0.39, 0.29) is 5.91 Å². The Balaban J connectivity index is 1.86. The van der Waals surface area contributed by atoms with Crippen LogP contribution in [0, 0.1) is 0 Å². The summed E-state index contributed by atoms with van der Waals surface area (Å²) < 4.78 is 22.6. The Morgan fingerprint density at radius 3 is 2.67 bits per heavy atom. The quantitative estimate of drug-likeness (QED) is 0.621. The van der Waals surface area contributed by atoms with Gasteiger partial charge in [-0.2, -0.15) is 0 Å². The molecule has 0 unspecified atom stereocenters. The van der Waals surface area contributed by atoms with E-state index >= 15 is 0 Å². The number of anilines is 1. The minimum Gasteiger partial charge on any atom is -0.493 e. The highest BCUT2D eigenvalue weighted by molar-refractivity contribution is 6.05. The molecule has 2 aromatic carbocycles. The summed E-state index contributed by atoms with van der Waals surface area (Å²) in [7, 11) is 7.11. The van der Waals surface area contributed by atoms with Gasteiger partial charge in [0.25, 0.3) is 5.91 Å². The zero-order chi connectivity index (χ0) is 21.5. The lowest BCUT2D eigenvalue weighted by atomic mass is 10.1. The number of carbonyl (C=O) groups is 1. The molecule has 0 bridgehead atoms. The van der Waals surface area contributed by atoms with Gasteiger partial charge in [0.15, 0.2) is 11.5 Å². The smallest absolute Gasteiger partial charge is 0.251 e. The lowest BCUT2D eigenvalue weighted by Gasteiger charge is -2.28. The average Bonchev–Trinajstić information content (AvgIpc) is 2.76. The summed E-state index contributed by atoms with van der Waals surface area (Å²) in [5.74, 6) is 2.21. The van der Waals surface area contributed by atoms with E-state index in [1.54, 1.807) is 37.3 Å². The first-order valence-electron chi connectivity index (χ1n) is 9.79. The molecule has 0 saturated carbocycles. The first-order chi connectivity index (χ1) is 14.5. The molecule has 160 valence electrons. The number of methoxy groups -OCH3 is 2. The molecule has 0 saturated heterocycles. The summed E-state index contributed by atoms with van der Waals surface area (Å²) in [4.78, 5) is 16.6. The number of para-hydroxylation sites is 2. The molecule has 7 heteroatoms. The van der Waals surface area contributed by atoms with Crippen LogP contribution in [0.2, 0.25) is 0 Å². The summed E-state index contributed by atoms with van der Waals surface area (Å²) >= 11 is 0. The van der Waals surface area contributed by atoms with Crippen LogP contribution in [-0.2, 0) is 4.79 Å². The second-order valence-corrected chi connectivity index (χ2v) is 7.01. The number of fused-ring (bicyclic) bond motifs is 1. The second kappa shape index (κ2) is 10.0. The summed E-state index contributed by atoms with van der Waals surface area (Å²) in [6.45, 7) is 2.18. The highest BCUT2D eigenvalue weighted by atomic mass is 16.5. The van der Waals surface area contributed by atoms with Crippen molar-refractivity contribution in [1.29, 1.82) is 0 Å². The molecule has 0 aliphatic carbocycles. The summed E-state index contributed by atoms with van der Waals surface area (Å²) in [6.07, 6.45) is 3.29. The van der Waals surface area contributed by atoms with Crippen LogP contribution in [0.4, 0.5) is 5.69 Å². The van der Waals surface area contributed by atoms with Crippen molar-refractivity contribution >= 4 is 17.7 Å². The number of hydrogen-bond acceptors (Lipinski definition) is 6. The summed E-state index contributed by atoms with van der Waals surface area (Å²) in [6, 6.07) is 11.2. The standard InChI is InChI=1S/C23H28N2O5/c1-24(2)13-15-30-22-17(9-11-20(27-3)23(22)28-4)10-12-21(26)25-14-16-29-19-8-6-5-7-18(19)25/h5-12H,13-16H2,1-4H3/b12-10+. The molecular weight excluding hydrogens is 384 g/mol. The van der Waals surface area contributed by atoms with Gasteiger partial charge < -0.3 is 28.7 Å². The van der Waals surface area contributed by atoms with Gasteiger partial charge in [0.05, 0.1) is 26.5 Å². The zero-order valence-corrected chi connectivity index (χ0v) is 17.9. The van der Waals surface area contributed by atoms with E-state index in [1.165, 1.54) is 0 Å². The predicted molar refractivity (Wildman–Crippen MR) is 117 cm³/mol. The SMILES string of the molecule is COc1ccc(/C=C/C(=O)N2CCOc3ccccc32)c(OCCN(C)C)c1OC. The Labute approximate surface area is 177 Å². The van der Waals surface area contributed by atoms with E-state index in [4.69, 9.17) is 18.9 Å². The van der Waals surface area contributed by atoms with Crippen LogP contribution < -0.4 is 23.8 Å². The Morgan fingerprint density at radius 2 is 1.93 bits per heavy atom. The number of nitrogens with zero attached hydrogens (tertiary/aromatic N) is 2. The molecule has 1 aliphatic rings. The van der Waals surface area contributed by atoms with Gasteiger partial charge in [0.2, 0.25) is 5.75 Å². The first kappa shape index (κ1) is 21.5. The number of hydrogen-bond donors (Lipinski definition) is 0. The van der Waals surface area contributed by atoms with Crippen molar-refractivity contribution < 1.29 is 23.7 Å². The van der Waals surface area contributed by atoms with Gasteiger partial charge in [-0.05, 0) is 44.4 Å². The number of amides is 1. The van der Waals surface area contributed by atoms with Gasteiger partial charge in [0, 0.05) is 18.2 Å². The molecule has 2 aromatic rings. The number of ether oxygens (including phenoxy) is 4. The lowest BCUT2D eigenvalue weighted by Crippen LogP contribution is -2.36. The highest BCUT2D eigenvalue weighted by Gasteiger charge is 2.22. The molecule has 0 radical (unpaired) electrons. The van der Waals surface area contributed by atoms with Crippen molar-refractivity contribution in [3.05, 3.63) is 48.0 Å². The number of carbonyl (C=O) groups excluding carboxylic acids is 1. The molecule has 3 rings (SSSR count). The van der Waals surface area contributed by atoms with Gasteiger partial charge in [-0.15, -0.1) is 0 Å². The fraction of sp³-hybridized carbons (Fsp3) is 0.348. The molecule has 0 aromatic heterocycles. The molecular formula is C23H28N2O5. The molecule has 0 N–H and O–H groups in total. The van der Waals surface area contributed by atoms with Crippen LogP contribution in [0.15, 0.2) is 42.5 Å². The number of rotatable bonds is 8. The monoisotopic (exact) mass is 412 g/mol. The maximum absolute atomic E-state index is 12.9. The minimum atomic E-state index is -0.125. The maximum atomic E-state index is 12.9. The van der Waals surface area contributed by atoms with Crippen LogP contribution >= 0.6 is 0 Å². The van der Waals surface area contributed by atoms with Crippen LogP contribution in [-0.4, -0.2) is 65.4 Å². The third-order valence-corrected chi connectivity index (χ3v) is 4.72. The van der Waals surface area contributed by atoms with Crippen LogP contribution in [0.3, 0.4) is 0 Å². The van der Waals surface area contributed by atoms with E-state index < -0.39 is 0 Å². The fourth-order valence-corrected chi connectivity index (χ4v) is 3.17. The van der Waals surface area contributed by atoms with E-state index in [1.807, 2.05) is 49.3 Å². The molecule has 30 heavy (non-hydrogen) atoms. The Kier molecular flexibility index (Phi) is 7.19. The van der Waals surface area contributed by atoms with Gasteiger partial charge >= 0.3 is 0 Å². The Bertz CT molecular complexity index is 910. The van der Waals surface area contributed by atoms with Gasteiger partial charge in [-0.1, -0.05) is 12.1 Å². The molecule has 1 aliphatic heterocycles. The molecule has 1 amide bonds. The summed E-state index contributed by atoms with van der Waals surface area (Å²) in [5, 5.41) is 0.